The molecule has 0 saturated carbocycles. The Morgan fingerprint density at radius 2 is 1.83 bits per heavy atom. The maximum atomic E-state index is 13.0. The summed E-state index contributed by atoms with van der Waals surface area (Å²) in [4.78, 5) is 22.2. The standard InChI is InChI=1S/C19H15F4N3O3/c1-12(20)18(27)26-10-14(11-26)17(13-3-2-8-24-9-13)25-29-16-6-4-15(5-7-16)28-19(21,22)23/h2-9,14H,1,10-11H2. The van der Waals surface area contributed by atoms with Crippen LogP contribution in [0.15, 0.2) is 66.4 Å². The second kappa shape index (κ2) is 8.29. The third kappa shape index (κ3) is 5.31. The minimum absolute atomic E-state index is 0.185. The highest BCUT2D eigenvalue weighted by molar-refractivity contribution is 6.04. The summed E-state index contributed by atoms with van der Waals surface area (Å²) in [6.45, 7) is 3.43. The van der Waals surface area contributed by atoms with E-state index in [4.69, 9.17) is 4.84 Å². The monoisotopic (exact) mass is 409 g/mol. The molecular weight excluding hydrogens is 394 g/mol. The normalized spacial score (nSPS) is 14.9. The molecule has 0 aliphatic carbocycles. The molecule has 3 rings (SSSR count). The average Bonchev–Trinajstić information content (AvgIpc) is 2.63. The molecule has 0 unspecified atom stereocenters. The number of likely N-dealkylation sites (tertiary alicyclic amines) is 1. The third-order valence-electron chi connectivity index (χ3n) is 4.05. The molecule has 1 fully saturated rings. The van der Waals surface area contributed by atoms with Gasteiger partial charge in [-0.1, -0.05) is 11.7 Å². The number of benzene rings is 1. The van der Waals surface area contributed by atoms with Crippen LogP contribution < -0.4 is 9.57 Å². The molecule has 1 aromatic heterocycles. The van der Waals surface area contributed by atoms with Crippen LogP contribution in [0.1, 0.15) is 5.56 Å². The van der Waals surface area contributed by atoms with Crippen LogP contribution in [-0.4, -0.2) is 41.0 Å². The Balaban J connectivity index is 1.73. The summed E-state index contributed by atoms with van der Waals surface area (Å²) in [5, 5.41) is 4.09. The first-order valence-electron chi connectivity index (χ1n) is 8.38. The number of halogens is 4. The van der Waals surface area contributed by atoms with E-state index in [1.165, 1.54) is 17.0 Å². The summed E-state index contributed by atoms with van der Waals surface area (Å²) < 4.78 is 53.4. The van der Waals surface area contributed by atoms with Crippen LogP contribution in [0.25, 0.3) is 0 Å². The first kappa shape index (κ1) is 20.3. The lowest BCUT2D eigenvalue weighted by Crippen LogP contribution is -2.53. The Bertz CT molecular complexity index is 909. The van der Waals surface area contributed by atoms with Gasteiger partial charge in [0, 0.05) is 37.0 Å². The van der Waals surface area contributed by atoms with Gasteiger partial charge < -0.3 is 14.5 Å². The molecule has 1 saturated heterocycles. The smallest absolute Gasteiger partial charge is 0.406 e. The lowest BCUT2D eigenvalue weighted by Gasteiger charge is -2.39. The van der Waals surface area contributed by atoms with E-state index in [1.807, 2.05) is 0 Å². The Morgan fingerprint density at radius 1 is 1.17 bits per heavy atom. The topological polar surface area (TPSA) is 64.0 Å². The maximum Gasteiger partial charge on any atom is 0.573 e. The van der Waals surface area contributed by atoms with Crippen LogP contribution >= 0.6 is 0 Å². The number of pyridine rings is 1. The van der Waals surface area contributed by atoms with Crippen LogP contribution in [0.3, 0.4) is 0 Å². The molecule has 29 heavy (non-hydrogen) atoms. The van der Waals surface area contributed by atoms with E-state index < -0.39 is 18.1 Å². The van der Waals surface area contributed by atoms with Gasteiger partial charge in [0.2, 0.25) is 0 Å². The van der Waals surface area contributed by atoms with Gasteiger partial charge in [-0.3, -0.25) is 9.78 Å². The van der Waals surface area contributed by atoms with Crippen LogP contribution in [0.2, 0.25) is 0 Å². The number of nitrogens with zero attached hydrogens (tertiary/aromatic N) is 3. The minimum Gasteiger partial charge on any atom is -0.406 e. The first-order valence-corrected chi connectivity index (χ1v) is 8.38. The van der Waals surface area contributed by atoms with Gasteiger partial charge in [-0.05, 0) is 36.4 Å². The molecular formula is C19H15F4N3O3. The number of alkyl halides is 3. The van der Waals surface area contributed by atoms with E-state index in [1.54, 1.807) is 24.5 Å². The van der Waals surface area contributed by atoms with Crippen molar-refractivity contribution < 1.29 is 31.9 Å². The molecule has 1 aromatic carbocycles. The fourth-order valence-corrected chi connectivity index (χ4v) is 2.67. The fraction of sp³-hybridized carbons (Fsp3) is 0.211. The number of carbonyl (C=O) groups excluding carboxylic acids is 1. The number of oxime groups is 1. The predicted octanol–water partition coefficient (Wildman–Crippen LogP) is 3.70. The highest BCUT2D eigenvalue weighted by Gasteiger charge is 2.36. The highest BCUT2D eigenvalue weighted by Crippen LogP contribution is 2.26. The minimum atomic E-state index is -4.79. The van der Waals surface area contributed by atoms with Crippen molar-refractivity contribution in [2.75, 3.05) is 13.1 Å². The number of hydrogen-bond acceptors (Lipinski definition) is 5. The van der Waals surface area contributed by atoms with E-state index >= 15 is 0 Å². The van der Waals surface area contributed by atoms with Crippen molar-refractivity contribution in [3.63, 3.8) is 0 Å². The molecule has 2 heterocycles. The summed E-state index contributed by atoms with van der Waals surface area (Å²) in [7, 11) is 0. The average molecular weight is 409 g/mol. The quantitative estimate of drug-likeness (QED) is 0.316. The Labute approximate surface area is 163 Å². The molecule has 2 aromatic rings. The molecule has 0 bridgehead atoms. The van der Waals surface area contributed by atoms with E-state index in [0.717, 1.165) is 12.1 Å². The Morgan fingerprint density at radius 3 is 2.38 bits per heavy atom. The van der Waals surface area contributed by atoms with Gasteiger partial charge in [-0.2, -0.15) is 0 Å². The van der Waals surface area contributed by atoms with Gasteiger partial charge in [0.25, 0.3) is 5.91 Å². The van der Waals surface area contributed by atoms with E-state index in [9.17, 15) is 22.4 Å². The van der Waals surface area contributed by atoms with Crippen molar-refractivity contribution in [1.29, 1.82) is 0 Å². The molecule has 152 valence electrons. The van der Waals surface area contributed by atoms with E-state index in [2.05, 4.69) is 21.5 Å². The van der Waals surface area contributed by atoms with Crippen molar-refractivity contribution in [2.45, 2.75) is 6.36 Å². The molecule has 0 N–H and O–H groups in total. The SMILES string of the molecule is C=C(F)C(=O)N1CC(C(=NOc2ccc(OC(F)(F)F)cc2)c2cccnc2)C1. The summed E-state index contributed by atoms with van der Waals surface area (Å²) in [6, 6.07) is 8.18. The van der Waals surface area contributed by atoms with Crippen molar-refractivity contribution in [1.82, 2.24) is 9.88 Å². The van der Waals surface area contributed by atoms with Crippen LogP contribution in [-0.2, 0) is 4.79 Å². The number of hydrogen-bond donors (Lipinski definition) is 0. The van der Waals surface area contributed by atoms with Gasteiger partial charge in [-0.25, -0.2) is 4.39 Å². The van der Waals surface area contributed by atoms with E-state index in [0.29, 0.717) is 11.3 Å². The van der Waals surface area contributed by atoms with E-state index in [-0.39, 0.29) is 30.5 Å². The molecule has 1 aliphatic rings. The molecule has 10 heteroatoms. The van der Waals surface area contributed by atoms with Gasteiger partial charge >= 0.3 is 6.36 Å². The van der Waals surface area contributed by atoms with Crippen molar-refractivity contribution in [2.24, 2.45) is 11.1 Å². The number of ether oxygens (including phenoxy) is 1. The maximum absolute atomic E-state index is 13.0. The zero-order valence-corrected chi connectivity index (χ0v) is 14.9. The van der Waals surface area contributed by atoms with Crippen molar-refractivity contribution in [3.8, 4) is 11.5 Å². The molecule has 1 aliphatic heterocycles. The lowest BCUT2D eigenvalue weighted by atomic mass is 9.90. The predicted molar refractivity (Wildman–Crippen MR) is 94.8 cm³/mol. The van der Waals surface area contributed by atoms with Crippen LogP contribution in [0.5, 0.6) is 11.5 Å². The Kier molecular flexibility index (Phi) is 5.81. The van der Waals surface area contributed by atoms with Gasteiger partial charge in [0.1, 0.15) is 5.75 Å². The zero-order valence-electron chi connectivity index (χ0n) is 14.9. The van der Waals surface area contributed by atoms with Crippen molar-refractivity contribution >= 4 is 11.6 Å². The van der Waals surface area contributed by atoms with Crippen LogP contribution in [0.4, 0.5) is 17.6 Å². The number of amides is 1. The summed E-state index contributed by atoms with van der Waals surface area (Å²) >= 11 is 0. The number of rotatable bonds is 6. The van der Waals surface area contributed by atoms with Crippen molar-refractivity contribution in [3.05, 3.63) is 66.8 Å². The molecule has 6 nitrogen and oxygen atoms in total. The Hall–Kier alpha value is -3.43. The second-order valence-corrected chi connectivity index (χ2v) is 6.14. The van der Waals surface area contributed by atoms with Gasteiger partial charge in [0.05, 0.1) is 5.71 Å². The van der Waals surface area contributed by atoms with Gasteiger partial charge in [-0.15, -0.1) is 13.2 Å². The highest BCUT2D eigenvalue weighted by atomic mass is 19.4. The summed E-state index contributed by atoms with van der Waals surface area (Å²) in [5.41, 5.74) is 1.11. The second-order valence-electron chi connectivity index (χ2n) is 6.14. The zero-order chi connectivity index (χ0) is 21.0. The summed E-state index contributed by atoms with van der Waals surface area (Å²) in [5.74, 6) is -2.25. The molecule has 1 amide bonds. The molecule has 0 radical (unpaired) electrons. The van der Waals surface area contributed by atoms with Gasteiger partial charge in [0.15, 0.2) is 11.6 Å². The lowest BCUT2D eigenvalue weighted by molar-refractivity contribution is -0.274. The molecule has 0 atom stereocenters. The number of aromatic nitrogens is 1. The first-order chi connectivity index (χ1) is 13.7. The largest absolute Gasteiger partial charge is 0.573 e. The molecule has 0 spiro atoms. The number of carbonyl (C=O) groups is 1. The van der Waals surface area contributed by atoms with Crippen LogP contribution in [0, 0.1) is 5.92 Å². The summed E-state index contributed by atoms with van der Waals surface area (Å²) in [6.07, 6.45) is -1.65. The fourth-order valence-electron chi connectivity index (χ4n) is 2.67. The third-order valence-corrected chi connectivity index (χ3v) is 4.05.